The predicted octanol–water partition coefficient (Wildman–Crippen LogP) is 3.16. The molecule has 2 heterocycles. The Morgan fingerprint density at radius 2 is 1.88 bits per heavy atom. The summed E-state index contributed by atoms with van der Waals surface area (Å²) in [5.41, 5.74) is 1.20. The van der Waals surface area contributed by atoms with Crippen LogP contribution in [-0.4, -0.2) is 69.9 Å². The lowest BCUT2D eigenvalue weighted by Gasteiger charge is -2.26. The number of hydrogen-bond acceptors (Lipinski definition) is 5. The number of guanidine groups is 1. The molecule has 0 bridgehead atoms. The van der Waals surface area contributed by atoms with E-state index < -0.39 is 0 Å². The minimum absolute atomic E-state index is 0. The number of nitrogens with one attached hydrogen (secondary N) is 2. The van der Waals surface area contributed by atoms with E-state index in [-0.39, 0.29) is 24.0 Å². The first-order valence-electron chi connectivity index (χ1n) is 11.3. The molecule has 8 heteroatoms. The molecule has 7 nitrogen and oxygen atoms in total. The van der Waals surface area contributed by atoms with E-state index >= 15 is 0 Å². The number of hydrogen-bond donors (Lipinski definition) is 2. The second-order valence-electron chi connectivity index (χ2n) is 7.93. The lowest BCUT2D eigenvalue weighted by Crippen LogP contribution is -2.45. The average Bonchev–Trinajstić information content (AvgIpc) is 3.32. The quantitative estimate of drug-likeness (QED) is 0.238. The molecule has 1 unspecified atom stereocenters. The van der Waals surface area contributed by atoms with Crippen LogP contribution in [0.3, 0.4) is 0 Å². The summed E-state index contributed by atoms with van der Waals surface area (Å²) in [5, 5.41) is 6.90. The highest BCUT2D eigenvalue weighted by Crippen LogP contribution is 2.04. The third-order valence-electron chi connectivity index (χ3n) is 5.14. The molecule has 0 amide bonds. The Hall–Kier alpha value is -1.62. The molecule has 1 aliphatic rings. The van der Waals surface area contributed by atoms with Crippen LogP contribution in [0.2, 0.25) is 0 Å². The molecule has 178 valence electrons. The Labute approximate surface area is 209 Å². The first-order chi connectivity index (χ1) is 15.3. The number of nitrogens with zero attached hydrogens (tertiary/aromatic N) is 2. The Balaban J connectivity index is 0.00000363. The van der Waals surface area contributed by atoms with Crippen molar-refractivity contribution in [3.05, 3.63) is 60.1 Å². The van der Waals surface area contributed by atoms with Gasteiger partial charge in [0.25, 0.3) is 0 Å². The molecule has 3 rings (SSSR count). The summed E-state index contributed by atoms with van der Waals surface area (Å²) >= 11 is 0. The molecular formula is C24H37IN4O3. The Morgan fingerprint density at radius 3 is 2.62 bits per heavy atom. The molecule has 0 radical (unpaired) electrons. The molecular weight excluding hydrogens is 519 g/mol. The molecule has 32 heavy (non-hydrogen) atoms. The van der Waals surface area contributed by atoms with Gasteiger partial charge in [-0.2, -0.15) is 0 Å². The van der Waals surface area contributed by atoms with Crippen LogP contribution in [0.15, 0.2) is 58.1 Å². The van der Waals surface area contributed by atoms with Gasteiger partial charge in [0, 0.05) is 45.7 Å². The zero-order chi connectivity index (χ0) is 21.6. The maximum atomic E-state index is 5.86. The Morgan fingerprint density at radius 1 is 1.09 bits per heavy atom. The van der Waals surface area contributed by atoms with E-state index in [2.05, 4.69) is 34.6 Å². The zero-order valence-corrected chi connectivity index (χ0v) is 21.3. The molecule has 2 aromatic rings. The smallest absolute Gasteiger partial charge is 0.191 e. The second-order valence-corrected chi connectivity index (χ2v) is 7.93. The fourth-order valence-corrected chi connectivity index (χ4v) is 3.34. The van der Waals surface area contributed by atoms with Gasteiger partial charge in [0.1, 0.15) is 5.76 Å². The van der Waals surface area contributed by atoms with Crippen LogP contribution < -0.4 is 10.6 Å². The molecule has 1 atom stereocenters. The summed E-state index contributed by atoms with van der Waals surface area (Å²) in [4.78, 5) is 7.21. The lowest BCUT2D eigenvalue weighted by molar-refractivity contribution is 0.0389. The van der Waals surface area contributed by atoms with E-state index in [0.717, 1.165) is 64.1 Å². The number of aliphatic imine (C=N–C) groups is 1. The van der Waals surface area contributed by atoms with Gasteiger partial charge >= 0.3 is 0 Å². The van der Waals surface area contributed by atoms with Gasteiger partial charge in [-0.3, -0.25) is 9.89 Å². The SMILES string of the molecule is CC(CN=C(NCCc1ccco1)NCCN1CCOCC1)COCc1ccccc1.I. The van der Waals surface area contributed by atoms with Gasteiger partial charge < -0.3 is 24.5 Å². The highest BCUT2D eigenvalue weighted by atomic mass is 127. The van der Waals surface area contributed by atoms with Crippen LogP contribution in [0.4, 0.5) is 0 Å². The van der Waals surface area contributed by atoms with Crippen molar-refractivity contribution in [2.24, 2.45) is 10.9 Å². The molecule has 1 saturated heterocycles. The van der Waals surface area contributed by atoms with E-state index in [9.17, 15) is 0 Å². The standard InChI is InChI=1S/C24H36N4O3.HI/c1-21(19-30-20-22-6-3-2-4-7-22)18-27-24(25-10-9-23-8-5-15-31-23)26-11-12-28-13-16-29-17-14-28;/h2-8,15,21H,9-14,16-20H2,1H3,(H2,25,26,27);1H. The van der Waals surface area contributed by atoms with Crippen molar-refractivity contribution >= 4 is 29.9 Å². The average molecular weight is 556 g/mol. The first kappa shape index (κ1) is 26.6. The summed E-state index contributed by atoms with van der Waals surface area (Å²) in [6.45, 7) is 10.5. The van der Waals surface area contributed by atoms with Crippen LogP contribution in [0.5, 0.6) is 0 Å². The molecule has 0 spiro atoms. The minimum atomic E-state index is 0. The van der Waals surface area contributed by atoms with Crippen molar-refractivity contribution in [2.45, 2.75) is 20.0 Å². The van der Waals surface area contributed by atoms with Crippen molar-refractivity contribution < 1.29 is 13.9 Å². The molecule has 2 N–H and O–H groups in total. The molecule has 1 aliphatic heterocycles. The third-order valence-corrected chi connectivity index (χ3v) is 5.14. The number of morpholine rings is 1. The number of furan rings is 1. The maximum Gasteiger partial charge on any atom is 0.191 e. The van der Waals surface area contributed by atoms with E-state index in [0.29, 0.717) is 25.7 Å². The van der Waals surface area contributed by atoms with E-state index in [1.807, 2.05) is 30.3 Å². The third kappa shape index (κ3) is 10.8. The van der Waals surface area contributed by atoms with E-state index in [1.54, 1.807) is 6.26 Å². The lowest BCUT2D eigenvalue weighted by atomic mass is 10.2. The van der Waals surface area contributed by atoms with Crippen molar-refractivity contribution in [3.8, 4) is 0 Å². The largest absolute Gasteiger partial charge is 0.469 e. The van der Waals surface area contributed by atoms with Crippen molar-refractivity contribution in [2.75, 3.05) is 59.1 Å². The molecule has 0 aliphatic carbocycles. The molecule has 1 aromatic carbocycles. The van der Waals surface area contributed by atoms with Gasteiger partial charge in [-0.15, -0.1) is 24.0 Å². The monoisotopic (exact) mass is 556 g/mol. The van der Waals surface area contributed by atoms with Crippen LogP contribution >= 0.6 is 24.0 Å². The van der Waals surface area contributed by atoms with Gasteiger partial charge in [0.05, 0.1) is 32.7 Å². The summed E-state index contributed by atoms with van der Waals surface area (Å²) in [6.07, 6.45) is 2.54. The highest BCUT2D eigenvalue weighted by Gasteiger charge is 2.10. The van der Waals surface area contributed by atoms with Crippen LogP contribution in [-0.2, 0) is 22.5 Å². The summed E-state index contributed by atoms with van der Waals surface area (Å²) in [7, 11) is 0. The van der Waals surface area contributed by atoms with E-state index in [1.165, 1.54) is 5.56 Å². The normalized spacial score (nSPS) is 15.7. The fraction of sp³-hybridized carbons (Fsp3) is 0.542. The second kappa shape index (κ2) is 16.1. The summed E-state index contributed by atoms with van der Waals surface area (Å²) < 4.78 is 16.7. The van der Waals surface area contributed by atoms with Gasteiger partial charge in [-0.1, -0.05) is 37.3 Å². The van der Waals surface area contributed by atoms with Crippen LogP contribution in [0.25, 0.3) is 0 Å². The number of rotatable bonds is 12. The zero-order valence-electron chi connectivity index (χ0n) is 19.0. The van der Waals surface area contributed by atoms with Gasteiger partial charge in [-0.05, 0) is 23.6 Å². The van der Waals surface area contributed by atoms with Crippen LogP contribution in [0.1, 0.15) is 18.2 Å². The number of ether oxygens (including phenoxy) is 2. The predicted molar refractivity (Wildman–Crippen MR) is 139 cm³/mol. The topological polar surface area (TPSA) is 71.3 Å². The fourth-order valence-electron chi connectivity index (χ4n) is 3.34. The van der Waals surface area contributed by atoms with E-state index in [4.69, 9.17) is 18.9 Å². The van der Waals surface area contributed by atoms with Crippen molar-refractivity contribution in [3.63, 3.8) is 0 Å². The Bertz CT molecular complexity index is 737. The molecule has 1 fully saturated rings. The van der Waals surface area contributed by atoms with Gasteiger partial charge in [0.15, 0.2) is 5.96 Å². The van der Waals surface area contributed by atoms with Gasteiger partial charge in [-0.25, -0.2) is 0 Å². The number of benzene rings is 1. The number of halogens is 1. The van der Waals surface area contributed by atoms with Crippen molar-refractivity contribution in [1.29, 1.82) is 0 Å². The van der Waals surface area contributed by atoms with Crippen molar-refractivity contribution in [1.82, 2.24) is 15.5 Å². The molecule has 1 aromatic heterocycles. The van der Waals surface area contributed by atoms with Crippen LogP contribution in [0, 0.1) is 5.92 Å². The Kier molecular flexibility index (Phi) is 13.4. The first-order valence-corrected chi connectivity index (χ1v) is 11.3. The maximum absolute atomic E-state index is 5.86. The summed E-state index contributed by atoms with van der Waals surface area (Å²) in [6, 6.07) is 14.2. The summed E-state index contributed by atoms with van der Waals surface area (Å²) in [5.74, 6) is 2.16. The van der Waals surface area contributed by atoms with Gasteiger partial charge in [0.2, 0.25) is 0 Å². The minimum Gasteiger partial charge on any atom is -0.469 e. The highest BCUT2D eigenvalue weighted by molar-refractivity contribution is 14.0. The molecule has 0 saturated carbocycles.